The lowest BCUT2D eigenvalue weighted by atomic mass is 10.2. The minimum atomic E-state index is -0.0982. The zero-order chi connectivity index (χ0) is 12.3. The second-order valence-corrected chi connectivity index (χ2v) is 4.22. The Morgan fingerprint density at radius 2 is 2.19 bits per heavy atom. The number of hydrogen-bond acceptors (Lipinski definition) is 3. The van der Waals surface area contributed by atoms with Gasteiger partial charge >= 0.3 is 0 Å². The molecule has 0 spiro atoms. The summed E-state index contributed by atoms with van der Waals surface area (Å²) in [5.74, 6) is 0.531. The van der Waals surface area contributed by atoms with E-state index in [9.17, 15) is 4.79 Å². The number of halogens is 1. The van der Waals surface area contributed by atoms with Crippen LogP contribution >= 0.6 is 11.6 Å². The van der Waals surface area contributed by atoms with Crippen molar-refractivity contribution in [2.45, 2.75) is 19.9 Å². The summed E-state index contributed by atoms with van der Waals surface area (Å²) in [5.41, 5.74) is 0.470. The van der Waals surface area contributed by atoms with Crippen molar-refractivity contribution < 1.29 is 4.79 Å². The number of amides is 1. The molecule has 0 bridgehead atoms. The number of aromatic nitrogens is 1. The van der Waals surface area contributed by atoms with Crippen LogP contribution in [0, 0.1) is 0 Å². The van der Waals surface area contributed by atoms with E-state index in [-0.39, 0.29) is 11.9 Å². The Bertz CT molecular complexity index is 393. The van der Waals surface area contributed by atoms with Gasteiger partial charge in [-0.05, 0) is 19.9 Å². The van der Waals surface area contributed by atoms with Crippen LogP contribution in [-0.2, 0) is 0 Å². The number of nitrogens with one attached hydrogen (secondary N) is 1. The topological polar surface area (TPSA) is 45.2 Å². The molecule has 1 aromatic rings. The quantitative estimate of drug-likeness (QED) is 0.883. The van der Waals surface area contributed by atoms with Crippen molar-refractivity contribution in [2.75, 3.05) is 19.4 Å². The summed E-state index contributed by atoms with van der Waals surface area (Å²) in [6, 6.07) is 1.79. The van der Waals surface area contributed by atoms with Crippen molar-refractivity contribution in [3.05, 3.63) is 22.8 Å². The molecular weight excluding hydrogens is 226 g/mol. The van der Waals surface area contributed by atoms with Gasteiger partial charge in [0.25, 0.3) is 5.91 Å². The Morgan fingerprint density at radius 1 is 1.56 bits per heavy atom. The highest BCUT2D eigenvalue weighted by Gasteiger charge is 2.18. The maximum atomic E-state index is 12.1. The second-order valence-electron chi connectivity index (χ2n) is 3.81. The molecule has 0 radical (unpaired) electrons. The highest BCUT2D eigenvalue weighted by Crippen LogP contribution is 2.19. The Labute approximate surface area is 101 Å². The minimum Gasteiger partial charge on any atom is -0.373 e. The molecule has 0 saturated heterocycles. The highest BCUT2D eigenvalue weighted by atomic mass is 35.5. The maximum Gasteiger partial charge on any atom is 0.255 e. The fraction of sp³-hybridized carbons (Fsp3) is 0.455. The average molecular weight is 242 g/mol. The summed E-state index contributed by atoms with van der Waals surface area (Å²) in [7, 11) is 3.50. The molecule has 0 atom stereocenters. The van der Waals surface area contributed by atoms with E-state index in [1.807, 2.05) is 13.8 Å². The number of pyridine rings is 1. The summed E-state index contributed by atoms with van der Waals surface area (Å²) in [6.45, 7) is 3.90. The van der Waals surface area contributed by atoms with Gasteiger partial charge in [-0.3, -0.25) is 4.79 Å². The van der Waals surface area contributed by atoms with Crippen molar-refractivity contribution in [3.63, 3.8) is 0 Å². The maximum absolute atomic E-state index is 12.1. The van der Waals surface area contributed by atoms with Crippen molar-refractivity contribution in [1.29, 1.82) is 0 Å². The predicted molar refractivity (Wildman–Crippen MR) is 66.0 cm³/mol. The van der Waals surface area contributed by atoms with Crippen LogP contribution in [0.5, 0.6) is 0 Å². The molecule has 0 aliphatic heterocycles. The van der Waals surface area contributed by atoms with Crippen molar-refractivity contribution in [3.8, 4) is 0 Å². The first-order valence-corrected chi connectivity index (χ1v) is 5.45. The minimum absolute atomic E-state index is 0.0982. The molecule has 0 aliphatic carbocycles. The molecule has 0 aromatic carbocycles. The smallest absolute Gasteiger partial charge is 0.255 e. The third-order valence-corrected chi connectivity index (χ3v) is 2.74. The summed E-state index contributed by atoms with van der Waals surface area (Å²) in [4.78, 5) is 17.7. The molecule has 4 nitrogen and oxygen atoms in total. The van der Waals surface area contributed by atoms with Gasteiger partial charge in [-0.25, -0.2) is 4.98 Å². The molecule has 1 amide bonds. The number of nitrogens with zero attached hydrogens (tertiary/aromatic N) is 2. The van der Waals surface area contributed by atoms with Crippen LogP contribution in [0.15, 0.2) is 12.3 Å². The molecule has 5 heteroatoms. The van der Waals surface area contributed by atoms with Crippen molar-refractivity contribution >= 4 is 23.3 Å². The number of carbonyl (C=O) groups excluding carboxylic acids is 1. The summed E-state index contributed by atoms with van der Waals surface area (Å²) >= 11 is 5.96. The number of rotatable bonds is 3. The fourth-order valence-corrected chi connectivity index (χ4v) is 1.35. The molecule has 1 N–H and O–H groups in total. The van der Waals surface area contributed by atoms with E-state index < -0.39 is 0 Å². The van der Waals surface area contributed by atoms with Gasteiger partial charge in [-0.2, -0.15) is 0 Å². The first kappa shape index (κ1) is 12.8. The van der Waals surface area contributed by atoms with Crippen molar-refractivity contribution in [1.82, 2.24) is 9.88 Å². The molecule has 16 heavy (non-hydrogen) atoms. The van der Waals surface area contributed by atoms with Gasteiger partial charge in [0.15, 0.2) is 0 Å². The molecular formula is C11H16ClN3O. The Balaban J connectivity index is 3.07. The van der Waals surface area contributed by atoms with E-state index in [1.165, 1.54) is 6.20 Å². The molecule has 1 rings (SSSR count). The normalized spacial score (nSPS) is 10.4. The zero-order valence-corrected chi connectivity index (χ0v) is 10.7. The predicted octanol–water partition coefficient (Wildman–Crippen LogP) is 2.26. The third kappa shape index (κ3) is 2.64. The van der Waals surface area contributed by atoms with Crippen LogP contribution in [0.3, 0.4) is 0 Å². The first-order valence-electron chi connectivity index (χ1n) is 5.07. The second kappa shape index (κ2) is 5.16. The van der Waals surface area contributed by atoms with Gasteiger partial charge in [0.05, 0.1) is 10.6 Å². The van der Waals surface area contributed by atoms with E-state index in [2.05, 4.69) is 10.3 Å². The zero-order valence-electron chi connectivity index (χ0n) is 9.91. The van der Waals surface area contributed by atoms with Gasteiger partial charge in [0.1, 0.15) is 5.82 Å². The van der Waals surface area contributed by atoms with Crippen molar-refractivity contribution in [2.24, 2.45) is 0 Å². The van der Waals surface area contributed by atoms with Gasteiger partial charge in [-0.1, -0.05) is 11.6 Å². The SMILES string of the molecule is CNc1cc(C(=O)N(C)C(C)C)c(Cl)cn1. The fourth-order valence-electron chi connectivity index (χ4n) is 1.16. The van der Waals surface area contributed by atoms with Crippen LogP contribution in [0.4, 0.5) is 5.82 Å². The lowest BCUT2D eigenvalue weighted by molar-refractivity contribution is 0.0755. The monoisotopic (exact) mass is 241 g/mol. The van der Waals surface area contributed by atoms with E-state index in [4.69, 9.17) is 11.6 Å². The van der Waals surface area contributed by atoms with Gasteiger partial charge in [0.2, 0.25) is 0 Å². The lowest BCUT2D eigenvalue weighted by Gasteiger charge is -2.22. The van der Waals surface area contributed by atoms with Crippen LogP contribution in [0.25, 0.3) is 0 Å². The van der Waals surface area contributed by atoms with Crippen LogP contribution in [0.2, 0.25) is 5.02 Å². The average Bonchev–Trinajstić information content (AvgIpc) is 2.27. The van der Waals surface area contributed by atoms with Gasteiger partial charge in [-0.15, -0.1) is 0 Å². The van der Waals surface area contributed by atoms with Crippen LogP contribution in [0.1, 0.15) is 24.2 Å². The molecule has 0 unspecified atom stereocenters. The standard InChI is InChI=1S/C11H16ClN3O/c1-7(2)15(4)11(16)8-5-10(13-3)14-6-9(8)12/h5-7H,1-4H3,(H,13,14). The Hall–Kier alpha value is -1.29. The largest absolute Gasteiger partial charge is 0.373 e. The molecule has 0 aliphatic rings. The van der Waals surface area contributed by atoms with E-state index in [1.54, 1.807) is 25.1 Å². The Kier molecular flexibility index (Phi) is 4.12. The number of anilines is 1. The molecule has 1 heterocycles. The summed E-state index contributed by atoms with van der Waals surface area (Å²) < 4.78 is 0. The summed E-state index contributed by atoms with van der Waals surface area (Å²) in [6.07, 6.45) is 1.48. The Morgan fingerprint density at radius 3 is 2.69 bits per heavy atom. The van der Waals surface area contributed by atoms with Crippen LogP contribution in [-0.4, -0.2) is 35.9 Å². The molecule has 88 valence electrons. The van der Waals surface area contributed by atoms with Crippen LogP contribution < -0.4 is 5.32 Å². The first-order chi connectivity index (χ1) is 7.47. The van der Waals surface area contributed by atoms with Gasteiger partial charge in [0, 0.05) is 26.3 Å². The molecule has 0 fully saturated rings. The van der Waals surface area contributed by atoms with E-state index >= 15 is 0 Å². The number of carbonyl (C=O) groups is 1. The third-order valence-electron chi connectivity index (χ3n) is 2.44. The highest BCUT2D eigenvalue weighted by molar-refractivity contribution is 6.33. The van der Waals surface area contributed by atoms with E-state index in [0.29, 0.717) is 16.4 Å². The molecule has 0 saturated carbocycles. The van der Waals surface area contributed by atoms with E-state index in [0.717, 1.165) is 0 Å². The lowest BCUT2D eigenvalue weighted by Crippen LogP contribution is -2.33. The summed E-state index contributed by atoms with van der Waals surface area (Å²) in [5, 5.41) is 3.25. The van der Waals surface area contributed by atoms with Gasteiger partial charge < -0.3 is 10.2 Å². The molecule has 1 aromatic heterocycles. The number of hydrogen-bond donors (Lipinski definition) is 1.